The molecule has 144 valence electrons. The fourth-order valence-electron chi connectivity index (χ4n) is 3.38. The number of fused-ring (bicyclic) bond motifs is 2. The van der Waals surface area contributed by atoms with Crippen molar-refractivity contribution in [2.75, 3.05) is 16.8 Å². The minimum absolute atomic E-state index is 0.136. The lowest BCUT2D eigenvalue weighted by molar-refractivity contribution is -0.117. The number of nitrogens with one attached hydrogen (secondary N) is 1. The van der Waals surface area contributed by atoms with Crippen LogP contribution in [0.2, 0.25) is 0 Å². The van der Waals surface area contributed by atoms with E-state index in [0.29, 0.717) is 11.4 Å². The van der Waals surface area contributed by atoms with Crippen LogP contribution < -0.4 is 10.2 Å². The second-order valence-electron chi connectivity index (χ2n) is 6.70. The Morgan fingerprint density at radius 3 is 2.21 bits per heavy atom. The minimum Gasteiger partial charge on any atom is -0.324 e. The summed E-state index contributed by atoms with van der Waals surface area (Å²) in [7, 11) is 0. The largest absolute Gasteiger partial charge is 0.324 e. The van der Waals surface area contributed by atoms with Crippen molar-refractivity contribution >= 4 is 45.0 Å². The quantitative estimate of drug-likeness (QED) is 0.560. The van der Waals surface area contributed by atoms with Crippen LogP contribution in [0.25, 0.3) is 21.8 Å². The molecule has 0 spiro atoms. The monoisotopic (exact) mass is 384 g/mol. The van der Waals surface area contributed by atoms with Gasteiger partial charge in [0.25, 0.3) is 0 Å². The van der Waals surface area contributed by atoms with Crippen molar-refractivity contribution in [2.24, 2.45) is 0 Å². The molecule has 29 heavy (non-hydrogen) atoms. The molecule has 2 aromatic heterocycles. The van der Waals surface area contributed by atoms with Crippen molar-refractivity contribution in [3.05, 3.63) is 73.1 Å². The molecule has 4 aromatic rings. The van der Waals surface area contributed by atoms with Crippen molar-refractivity contribution in [3.63, 3.8) is 0 Å². The summed E-state index contributed by atoms with van der Waals surface area (Å²) in [5.74, 6) is -0.314. The molecule has 0 atom stereocenters. The zero-order valence-corrected chi connectivity index (χ0v) is 16.0. The highest BCUT2D eigenvalue weighted by Gasteiger charge is 2.17. The molecule has 1 N–H and O–H groups in total. The lowest BCUT2D eigenvalue weighted by atomic mass is 10.1. The van der Waals surface area contributed by atoms with Gasteiger partial charge in [-0.05, 0) is 24.3 Å². The van der Waals surface area contributed by atoms with Crippen LogP contribution in [-0.4, -0.2) is 28.3 Å². The predicted molar refractivity (Wildman–Crippen MR) is 115 cm³/mol. The van der Waals surface area contributed by atoms with Crippen LogP contribution in [0.1, 0.15) is 13.3 Å². The number of carbonyl (C=O) groups is 2. The molecule has 0 aliphatic carbocycles. The summed E-state index contributed by atoms with van der Waals surface area (Å²) in [6.45, 7) is 1.75. The van der Waals surface area contributed by atoms with E-state index in [1.807, 2.05) is 60.7 Å². The molecule has 0 saturated carbocycles. The average Bonchev–Trinajstić information content (AvgIpc) is 2.74. The van der Waals surface area contributed by atoms with E-state index in [4.69, 9.17) is 0 Å². The van der Waals surface area contributed by atoms with E-state index in [-0.39, 0.29) is 24.8 Å². The van der Waals surface area contributed by atoms with Gasteiger partial charge in [-0.15, -0.1) is 0 Å². The summed E-state index contributed by atoms with van der Waals surface area (Å²) >= 11 is 0. The van der Waals surface area contributed by atoms with Crippen LogP contribution in [0, 0.1) is 0 Å². The third-order valence-electron chi connectivity index (χ3n) is 4.75. The maximum absolute atomic E-state index is 12.6. The molecule has 0 radical (unpaired) electrons. The Kier molecular flexibility index (Phi) is 5.16. The highest BCUT2D eigenvalue weighted by Crippen LogP contribution is 2.25. The van der Waals surface area contributed by atoms with Gasteiger partial charge in [0.15, 0.2) is 0 Å². The van der Waals surface area contributed by atoms with E-state index in [2.05, 4.69) is 15.3 Å². The van der Waals surface area contributed by atoms with Crippen LogP contribution in [0.4, 0.5) is 11.4 Å². The summed E-state index contributed by atoms with van der Waals surface area (Å²) in [4.78, 5) is 35.2. The standard InChI is InChI=1S/C23H20N4O2/c1-16(28)27(20-11-3-7-18-9-5-14-25-23(18)20)15-12-21(29)26-19-10-2-6-17-8-4-13-24-22(17)19/h2-11,13-14H,12,15H2,1H3,(H,26,29). The Hall–Kier alpha value is -3.80. The van der Waals surface area contributed by atoms with E-state index < -0.39 is 0 Å². The number of carbonyl (C=O) groups excluding carboxylic acids is 2. The predicted octanol–water partition coefficient (Wildman–Crippen LogP) is 4.16. The molecule has 0 aliphatic heterocycles. The first kappa shape index (κ1) is 18.6. The Bertz CT molecular complexity index is 1200. The summed E-state index contributed by atoms with van der Waals surface area (Å²) < 4.78 is 0. The molecule has 2 heterocycles. The second kappa shape index (κ2) is 8.06. The number of hydrogen-bond acceptors (Lipinski definition) is 4. The summed E-state index contributed by atoms with van der Waals surface area (Å²) in [5, 5.41) is 4.82. The maximum atomic E-state index is 12.6. The second-order valence-corrected chi connectivity index (χ2v) is 6.70. The van der Waals surface area contributed by atoms with Gasteiger partial charge in [-0.2, -0.15) is 0 Å². The van der Waals surface area contributed by atoms with E-state index in [1.54, 1.807) is 17.3 Å². The van der Waals surface area contributed by atoms with Crippen LogP contribution in [0.5, 0.6) is 0 Å². The number of aromatic nitrogens is 2. The highest BCUT2D eigenvalue weighted by molar-refractivity contribution is 6.03. The number of nitrogens with zero attached hydrogens (tertiary/aromatic N) is 3. The van der Waals surface area contributed by atoms with Gasteiger partial charge >= 0.3 is 0 Å². The Labute approximate surface area is 168 Å². The molecular formula is C23H20N4O2. The van der Waals surface area contributed by atoms with E-state index in [9.17, 15) is 9.59 Å². The first-order valence-corrected chi connectivity index (χ1v) is 9.39. The molecule has 0 bridgehead atoms. The van der Waals surface area contributed by atoms with Gasteiger partial charge in [0.05, 0.1) is 22.4 Å². The lowest BCUT2D eigenvalue weighted by Gasteiger charge is -2.22. The fraction of sp³-hybridized carbons (Fsp3) is 0.130. The third kappa shape index (κ3) is 3.91. The van der Waals surface area contributed by atoms with E-state index in [1.165, 1.54) is 6.92 Å². The van der Waals surface area contributed by atoms with Gasteiger partial charge in [0.1, 0.15) is 0 Å². The number of benzene rings is 2. The summed E-state index contributed by atoms with van der Waals surface area (Å²) in [5.41, 5.74) is 2.85. The zero-order valence-electron chi connectivity index (χ0n) is 16.0. The number of rotatable bonds is 5. The van der Waals surface area contributed by atoms with E-state index in [0.717, 1.165) is 21.8 Å². The summed E-state index contributed by atoms with van der Waals surface area (Å²) in [6.07, 6.45) is 3.55. The van der Waals surface area contributed by atoms with Gasteiger partial charge in [-0.25, -0.2) is 0 Å². The van der Waals surface area contributed by atoms with Crippen LogP contribution in [0.15, 0.2) is 73.1 Å². The highest BCUT2D eigenvalue weighted by atomic mass is 16.2. The molecule has 0 fully saturated rings. The van der Waals surface area contributed by atoms with Crippen molar-refractivity contribution in [3.8, 4) is 0 Å². The Morgan fingerprint density at radius 1 is 0.862 bits per heavy atom. The molecule has 2 aromatic carbocycles. The fourth-order valence-corrected chi connectivity index (χ4v) is 3.38. The van der Waals surface area contributed by atoms with Gasteiger partial charge < -0.3 is 10.2 Å². The number of anilines is 2. The molecular weight excluding hydrogens is 364 g/mol. The Balaban J connectivity index is 1.53. The average molecular weight is 384 g/mol. The molecule has 0 aliphatic rings. The zero-order chi connectivity index (χ0) is 20.2. The number of amides is 2. The van der Waals surface area contributed by atoms with Crippen LogP contribution in [-0.2, 0) is 9.59 Å². The van der Waals surface area contributed by atoms with Crippen molar-refractivity contribution in [2.45, 2.75) is 13.3 Å². The van der Waals surface area contributed by atoms with Gasteiger partial charge in [0.2, 0.25) is 11.8 Å². The number of hydrogen-bond donors (Lipinski definition) is 1. The summed E-state index contributed by atoms with van der Waals surface area (Å²) in [6, 6.07) is 18.9. The lowest BCUT2D eigenvalue weighted by Crippen LogP contribution is -2.32. The third-order valence-corrected chi connectivity index (χ3v) is 4.75. The van der Waals surface area contributed by atoms with Gasteiger partial charge in [0, 0.05) is 43.1 Å². The van der Waals surface area contributed by atoms with Crippen LogP contribution in [0.3, 0.4) is 0 Å². The molecule has 0 unspecified atom stereocenters. The topological polar surface area (TPSA) is 75.2 Å². The molecule has 6 heteroatoms. The number of para-hydroxylation sites is 2. The molecule has 2 amide bonds. The van der Waals surface area contributed by atoms with E-state index >= 15 is 0 Å². The maximum Gasteiger partial charge on any atom is 0.226 e. The smallest absolute Gasteiger partial charge is 0.226 e. The van der Waals surface area contributed by atoms with Crippen molar-refractivity contribution < 1.29 is 9.59 Å². The molecule has 6 nitrogen and oxygen atoms in total. The molecule has 0 saturated heterocycles. The first-order valence-electron chi connectivity index (χ1n) is 9.39. The van der Waals surface area contributed by atoms with Gasteiger partial charge in [-0.3, -0.25) is 19.6 Å². The first-order chi connectivity index (χ1) is 14.1. The van der Waals surface area contributed by atoms with Crippen molar-refractivity contribution in [1.82, 2.24) is 9.97 Å². The normalized spacial score (nSPS) is 10.8. The molecule has 4 rings (SSSR count). The number of pyridine rings is 2. The van der Waals surface area contributed by atoms with Crippen molar-refractivity contribution in [1.29, 1.82) is 0 Å². The SMILES string of the molecule is CC(=O)N(CCC(=O)Nc1cccc2cccnc12)c1cccc2cccnc12. The Morgan fingerprint density at radius 2 is 1.48 bits per heavy atom. The van der Waals surface area contributed by atoms with Crippen LogP contribution >= 0.6 is 0 Å². The van der Waals surface area contributed by atoms with Gasteiger partial charge in [-0.1, -0.05) is 36.4 Å². The minimum atomic E-state index is -0.178.